The Bertz CT molecular complexity index is 950. The first-order valence-electron chi connectivity index (χ1n) is 11.8. The summed E-state index contributed by atoms with van der Waals surface area (Å²) < 4.78 is 12.4. The number of halogens is 1. The van der Waals surface area contributed by atoms with E-state index in [2.05, 4.69) is 34.7 Å². The molecule has 0 bridgehead atoms. The van der Waals surface area contributed by atoms with Crippen molar-refractivity contribution in [1.82, 2.24) is 4.90 Å². The van der Waals surface area contributed by atoms with E-state index in [9.17, 15) is 9.59 Å². The molecular weight excluding hydrogens is 470 g/mol. The number of methoxy groups -OCH3 is 1. The van der Waals surface area contributed by atoms with E-state index in [0.717, 1.165) is 77.6 Å². The van der Waals surface area contributed by atoms with Gasteiger partial charge in [0.2, 0.25) is 0 Å². The minimum atomic E-state index is -0.334. The number of ether oxygens (including phenoxy) is 2. The summed E-state index contributed by atoms with van der Waals surface area (Å²) in [7, 11) is 1.63. The molecule has 0 saturated heterocycles. The second-order valence-corrected chi connectivity index (χ2v) is 9.60. The minimum absolute atomic E-state index is 0.170. The molecule has 0 saturated carbocycles. The highest BCUT2D eigenvalue weighted by Gasteiger charge is 2.43. The number of benzene rings is 1. The van der Waals surface area contributed by atoms with Crippen molar-refractivity contribution >= 4 is 27.5 Å². The van der Waals surface area contributed by atoms with E-state index >= 15 is 0 Å². The maximum Gasteiger partial charge on any atom is 0.175 e. The summed E-state index contributed by atoms with van der Waals surface area (Å²) in [6.45, 7) is 5.65. The molecule has 0 N–H and O–H groups in total. The minimum Gasteiger partial charge on any atom is -0.493 e. The second kappa shape index (κ2) is 9.82. The van der Waals surface area contributed by atoms with Crippen LogP contribution in [-0.4, -0.2) is 36.7 Å². The van der Waals surface area contributed by atoms with Crippen LogP contribution in [0.15, 0.2) is 39.1 Å². The fraction of sp³-hybridized carbons (Fsp3) is 0.538. The molecule has 0 radical (unpaired) electrons. The van der Waals surface area contributed by atoms with Crippen LogP contribution in [0.4, 0.5) is 0 Å². The van der Waals surface area contributed by atoms with Crippen molar-refractivity contribution in [2.24, 2.45) is 0 Å². The van der Waals surface area contributed by atoms with Crippen LogP contribution in [0.25, 0.3) is 0 Å². The fourth-order valence-corrected chi connectivity index (χ4v) is 5.87. The Balaban J connectivity index is 1.92. The topological polar surface area (TPSA) is 55.8 Å². The highest BCUT2D eigenvalue weighted by atomic mass is 79.9. The third-order valence-electron chi connectivity index (χ3n) is 6.57. The summed E-state index contributed by atoms with van der Waals surface area (Å²) >= 11 is 3.66. The molecule has 6 heteroatoms. The van der Waals surface area contributed by atoms with Gasteiger partial charge in [-0.05, 0) is 72.2 Å². The lowest BCUT2D eigenvalue weighted by Gasteiger charge is -2.44. The summed E-state index contributed by atoms with van der Waals surface area (Å²) in [6.07, 6.45) is 6.48. The molecule has 1 aliphatic heterocycles. The normalized spacial score (nSPS) is 19.3. The Morgan fingerprint density at radius 1 is 0.969 bits per heavy atom. The first-order chi connectivity index (χ1) is 15.5. The molecule has 0 spiro atoms. The van der Waals surface area contributed by atoms with Gasteiger partial charge in [0.05, 0.1) is 18.2 Å². The van der Waals surface area contributed by atoms with E-state index in [-0.39, 0.29) is 17.5 Å². The van der Waals surface area contributed by atoms with Crippen LogP contribution in [-0.2, 0) is 9.59 Å². The Kier molecular flexibility index (Phi) is 7.08. The van der Waals surface area contributed by atoms with Gasteiger partial charge in [-0.25, -0.2) is 0 Å². The van der Waals surface area contributed by atoms with Crippen LogP contribution >= 0.6 is 15.9 Å². The molecule has 32 heavy (non-hydrogen) atoms. The van der Waals surface area contributed by atoms with Gasteiger partial charge < -0.3 is 14.4 Å². The van der Waals surface area contributed by atoms with Gasteiger partial charge in [0.1, 0.15) is 0 Å². The number of ketones is 2. The number of rotatable bonds is 7. The van der Waals surface area contributed by atoms with E-state index < -0.39 is 0 Å². The largest absolute Gasteiger partial charge is 0.493 e. The Morgan fingerprint density at radius 2 is 1.59 bits per heavy atom. The van der Waals surface area contributed by atoms with E-state index in [4.69, 9.17) is 9.47 Å². The van der Waals surface area contributed by atoms with Gasteiger partial charge in [0.25, 0.3) is 0 Å². The third kappa shape index (κ3) is 4.02. The first kappa shape index (κ1) is 23.1. The number of carbonyl (C=O) groups is 2. The van der Waals surface area contributed by atoms with Crippen LogP contribution in [0.3, 0.4) is 0 Å². The number of allylic oxidation sites excluding steroid dienone is 4. The van der Waals surface area contributed by atoms with Crippen molar-refractivity contribution < 1.29 is 19.1 Å². The van der Waals surface area contributed by atoms with Crippen molar-refractivity contribution in [3.05, 3.63) is 44.7 Å². The number of hydrogen-bond acceptors (Lipinski definition) is 5. The van der Waals surface area contributed by atoms with Crippen LogP contribution in [0.2, 0.25) is 0 Å². The van der Waals surface area contributed by atoms with Crippen molar-refractivity contribution in [3.63, 3.8) is 0 Å². The van der Waals surface area contributed by atoms with Crippen LogP contribution in [0, 0.1) is 0 Å². The predicted octanol–water partition coefficient (Wildman–Crippen LogP) is 6.07. The summed E-state index contributed by atoms with van der Waals surface area (Å²) in [4.78, 5) is 28.9. The molecule has 0 amide bonds. The number of nitrogens with zero attached hydrogens (tertiary/aromatic N) is 1. The Labute approximate surface area is 199 Å². The van der Waals surface area contributed by atoms with Crippen LogP contribution in [0.1, 0.15) is 76.7 Å². The molecule has 0 fully saturated rings. The lowest BCUT2D eigenvalue weighted by molar-refractivity contribution is -0.117. The molecule has 0 atom stereocenters. The zero-order chi connectivity index (χ0) is 22.8. The summed E-state index contributed by atoms with van der Waals surface area (Å²) in [5, 5.41) is 0. The van der Waals surface area contributed by atoms with Gasteiger partial charge in [-0.15, -0.1) is 0 Å². The van der Waals surface area contributed by atoms with Crippen molar-refractivity contribution in [2.75, 3.05) is 20.3 Å². The molecule has 4 rings (SSSR count). The van der Waals surface area contributed by atoms with E-state index in [1.54, 1.807) is 7.11 Å². The van der Waals surface area contributed by atoms with Gasteiger partial charge in [0, 0.05) is 47.8 Å². The molecule has 2 aliphatic carbocycles. The van der Waals surface area contributed by atoms with Crippen molar-refractivity contribution in [3.8, 4) is 11.5 Å². The Morgan fingerprint density at radius 3 is 2.12 bits per heavy atom. The smallest absolute Gasteiger partial charge is 0.175 e. The molecule has 1 heterocycles. The van der Waals surface area contributed by atoms with Gasteiger partial charge in [-0.1, -0.05) is 13.8 Å². The van der Waals surface area contributed by atoms with Crippen LogP contribution < -0.4 is 9.47 Å². The maximum atomic E-state index is 13.3. The zero-order valence-corrected chi connectivity index (χ0v) is 20.8. The first-order valence-corrected chi connectivity index (χ1v) is 12.6. The third-order valence-corrected chi connectivity index (χ3v) is 7.16. The highest BCUT2D eigenvalue weighted by Crippen LogP contribution is 2.51. The van der Waals surface area contributed by atoms with Crippen molar-refractivity contribution in [1.29, 1.82) is 0 Å². The van der Waals surface area contributed by atoms with E-state index in [1.807, 2.05) is 12.1 Å². The zero-order valence-electron chi connectivity index (χ0n) is 19.3. The van der Waals surface area contributed by atoms with Gasteiger partial charge in [-0.3, -0.25) is 9.59 Å². The molecule has 1 aromatic rings. The van der Waals surface area contributed by atoms with Gasteiger partial charge in [0.15, 0.2) is 23.1 Å². The quantitative estimate of drug-likeness (QED) is 0.453. The second-order valence-electron chi connectivity index (χ2n) is 8.74. The molecular formula is C26H32BrNO4. The maximum absolute atomic E-state index is 13.3. The van der Waals surface area contributed by atoms with Gasteiger partial charge in [-0.2, -0.15) is 0 Å². The molecule has 5 nitrogen and oxygen atoms in total. The molecule has 0 unspecified atom stereocenters. The average molecular weight is 502 g/mol. The highest BCUT2D eigenvalue weighted by molar-refractivity contribution is 9.10. The fourth-order valence-electron chi connectivity index (χ4n) is 5.29. The van der Waals surface area contributed by atoms with E-state index in [1.165, 1.54) is 0 Å². The molecule has 0 aromatic heterocycles. The summed E-state index contributed by atoms with van der Waals surface area (Å²) in [5.41, 5.74) is 4.80. The standard InChI is InChI=1S/C26H32BrNO4/c1-4-12-28-18-8-6-10-20(29)24(18)23(25-19(28)9-7-11-21(25)30)16-14-17(27)26(32-13-5-2)22(15-16)31-3/h14-15,23H,4-13H2,1-3H3. The molecule has 3 aliphatic rings. The molecule has 172 valence electrons. The summed E-state index contributed by atoms with van der Waals surface area (Å²) in [6, 6.07) is 3.96. The van der Waals surface area contributed by atoms with Crippen LogP contribution in [0.5, 0.6) is 11.5 Å². The van der Waals surface area contributed by atoms with E-state index in [0.29, 0.717) is 30.9 Å². The monoisotopic (exact) mass is 501 g/mol. The number of hydrogen-bond donors (Lipinski definition) is 0. The lowest BCUT2D eigenvalue weighted by Crippen LogP contribution is -2.39. The number of carbonyl (C=O) groups excluding carboxylic acids is 2. The number of Topliss-reactive ketones (excluding diaryl/α,β-unsaturated/α-hetero) is 2. The average Bonchev–Trinajstić information content (AvgIpc) is 2.78. The predicted molar refractivity (Wildman–Crippen MR) is 128 cm³/mol. The summed E-state index contributed by atoms with van der Waals surface area (Å²) in [5.74, 6) is 1.29. The SMILES string of the molecule is CCCOc1c(Br)cc(C2C3=C(CCCC3=O)N(CCC)C3=C2C(=O)CCC3)cc1OC. The van der Waals surface area contributed by atoms with Crippen molar-refractivity contribution in [2.45, 2.75) is 71.1 Å². The molecule has 1 aromatic carbocycles. The Hall–Kier alpha value is -2.08. The lowest BCUT2D eigenvalue weighted by atomic mass is 9.71. The van der Waals surface area contributed by atoms with Gasteiger partial charge >= 0.3 is 0 Å².